The highest BCUT2D eigenvalue weighted by molar-refractivity contribution is 5.99. The molecule has 2 aromatic heterocycles. The number of aromatic amines is 2. The lowest BCUT2D eigenvalue weighted by Crippen LogP contribution is -2.25. The first-order valence-corrected chi connectivity index (χ1v) is 7.39. The molecule has 0 atom stereocenters. The molecule has 0 radical (unpaired) electrons. The van der Waals surface area contributed by atoms with Crippen LogP contribution in [-0.4, -0.2) is 38.7 Å². The van der Waals surface area contributed by atoms with Crippen LogP contribution in [0.15, 0.2) is 24.4 Å². The second kappa shape index (κ2) is 5.59. The summed E-state index contributed by atoms with van der Waals surface area (Å²) in [4.78, 5) is 19.6. The van der Waals surface area contributed by atoms with Gasteiger partial charge in [0.15, 0.2) is 5.82 Å². The number of aromatic nitrogens is 4. The number of hydrogen-bond donors (Lipinski definition) is 3. The van der Waals surface area contributed by atoms with Gasteiger partial charge in [0.25, 0.3) is 5.91 Å². The van der Waals surface area contributed by atoms with Crippen LogP contribution in [0.5, 0.6) is 5.75 Å². The van der Waals surface area contributed by atoms with Crippen molar-refractivity contribution in [2.45, 2.75) is 25.5 Å². The number of halogens is 2. The summed E-state index contributed by atoms with van der Waals surface area (Å²) >= 11 is 0. The van der Waals surface area contributed by atoms with Crippen LogP contribution < -0.4 is 10.1 Å². The van der Waals surface area contributed by atoms with E-state index in [1.807, 2.05) is 0 Å². The van der Waals surface area contributed by atoms with Gasteiger partial charge in [-0.05, 0) is 25.0 Å². The highest BCUT2D eigenvalue weighted by atomic mass is 19.3. The molecule has 1 amide bonds. The number of rotatable bonds is 5. The Hall–Kier alpha value is -2.97. The van der Waals surface area contributed by atoms with Gasteiger partial charge in [-0.2, -0.15) is 13.9 Å². The highest BCUT2D eigenvalue weighted by Crippen LogP contribution is 2.26. The van der Waals surface area contributed by atoms with E-state index in [1.54, 1.807) is 6.07 Å². The van der Waals surface area contributed by atoms with Crippen molar-refractivity contribution in [1.29, 1.82) is 0 Å². The molecular weight excluding hydrogens is 320 g/mol. The maximum absolute atomic E-state index is 12.3. The molecule has 0 unspecified atom stereocenters. The molecule has 1 aliphatic rings. The van der Waals surface area contributed by atoms with Crippen LogP contribution in [0.3, 0.4) is 0 Å². The predicted octanol–water partition coefficient (Wildman–Crippen LogP) is 2.45. The maximum Gasteiger partial charge on any atom is 0.387 e. The maximum atomic E-state index is 12.3. The third kappa shape index (κ3) is 2.80. The van der Waals surface area contributed by atoms with Crippen molar-refractivity contribution in [3.05, 3.63) is 30.0 Å². The second-order valence-electron chi connectivity index (χ2n) is 5.55. The Kier molecular flexibility index (Phi) is 3.40. The van der Waals surface area contributed by atoms with E-state index in [0.717, 1.165) is 12.8 Å². The molecule has 4 rings (SSSR count). The number of carbonyl (C=O) groups is 1. The number of nitrogens with zero attached hydrogens (tertiary/aromatic N) is 2. The number of ether oxygens (including phenoxy) is 1. The third-order valence-corrected chi connectivity index (χ3v) is 3.71. The monoisotopic (exact) mass is 333 g/mol. The minimum Gasteiger partial charge on any atom is -0.435 e. The molecule has 0 spiro atoms. The number of nitrogens with one attached hydrogen (secondary N) is 3. The van der Waals surface area contributed by atoms with E-state index >= 15 is 0 Å². The smallest absolute Gasteiger partial charge is 0.387 e. The minimum absolute atomic E-state index is 0.0315. The number of alkyl halides is 2. The minimum atomic E-state index is -2.89. The molecule has 3 N–H and O–H groups in total. The summed E-state index contributed by atoms with van der Waals surface area (Å²) in [5.74, 6) is 0.213. The highest BCUT2D eigenvalue weighted by Gasteiger charge is 2.26. The van der Waals surface area contributed by atoms with Crippen molar-refractivity contribution < 1.29 is 18.3 Å². The fraction of sp³-hybridized carbons (Fsp3) is 0.267. The van der Waals surface area contributed by atoms with Gasteiger partial charge in [-0.1, -0.05) is 0 Å². The number of fused-ring (bicyclic) bond motifs is 1. The molecule has 124 valence electrons. The standard InChI is InChI=1S/C15H13F2N5O2/c16-15(17)24-8-3-4-10-11(5-8)21-13(20-10)12-9(6-18-22-12)14(23)19-7-1-2-7/h3-7,15H,1-2H2,(H,18,22)(H,19,23)(H,20,21). The van der Waals surface area contributed by atoms with Gasteiger partial charge in [0, 0.05) is 12.1 Å². The quantitative estimate of drug-likeness (QED) is 0.668. The molecule has 9 heteroatoms. The Morgan fingerprint density at radius 1 is 1.38 bits per heavy atom. The van der Waals surface area contributed by atoms with Crippen LogP contribution in [0.25, 0.3) is 22.6 Å². The molecule has 1 saturated carbocycles. The zero-order valence-corrected chi connectivity index (χ0v) is 12.3. The molecule has 7 nitrogen and oxygen atoms in total. The lowest BCUT2D eigenvalue weighted by Gasteiger charge is -2.02. The molecule has 2 heterocycles. The first-order valence-electron chi connectivity index (χ1n) is 7.39. The van der Waals surface area contributed by atoms with E-state index in [9.17, 15) is 13.6 Å². The SMILES string of the molecule is O=C(NC1CC1)c1cn[nH]c1-c1nc2ccc(OC(F)F)cc2[nH]1. The van der Waals surface area contributed by atoms with Crippen LogP contribution in [0.1, 0.15) is 23.2 Å². The third-order valence-electron chi connectivity index (χ3n) is 3.71. The molecule has 24 heavy (non-hydrogen) atoms. The first kappa shape index (κ1) is 14.6. The Morgan fingerprint density at radius 3 is 2.96 bits per heavy atom. The first-order chi connectivity index (χ1) is 11.6. The number of carbonyl (C=O) groups excluding carboxylic acids is 1. The molecule has 1 aliphatic carbocycles. The molecular formula is C15H13F2N5O2. The van der Waals surface area contributed by atoms with Gasteiger partial charge in [-0.25, -0.2) is 4.98 Å². The normalized spacial score (nSPS) is 14.3. The molecule has 0 aliphatic heterocycles. The van der Waals surface area contributed by atoms with Gasteiger partial charge in [-0.15, -0.1) is 0 Å². The van der Waals surface area contributed by atoms with E-state index in [-0.39, 0.29) is 17.7 Å². The Labute approximate surface area is 134 Å². The Morgan fingerprint density at radius 2 is 2.21 bits per heavy atom. The lowest BCUT2D eigenvalue weighted by atomic mass is 10.2. The van der Waals surface area contributed by atoms with Crippen molar-refractivity contribution >= 4 is 16.9 Å². The summed E-state index contributed by atoms with van der Waals surface area (Å²) in [7, 11) is 0. The summed E-state index contributed by atoms with van der Waals surface area (Å²) in [6.45, 7) is -2.89. The van der Waals surface area contributed by atoms with Crippen LogP contribution in [0, 0.1) is 0 Å². The number of benzene rings is 1. The number of amides is 1. The Bertz CT molecular complexity index is 900. The van der Waals surface area contributed by atoms with E-state index in [0.29, 0.717) is 28.1 Å². The van der Waals surface area contributed by atoms with Gasteiger partial charge in [0.2, 0.25) is 0 Å². The summed E-state index contributed by atoms with van der Waals surface area (Å²) in [6.07, 6.45) is 3.40. The lowest BCUT2D eigenvalue weighted by molar-refractivity contribution is -0.0497. The van der Waals surface area contributed by atoms with Crippen molar-refractivity contribution in [3.8, 4) is 17.3 Å². The average Bonchev–Trinajstić information content (AvgIpc) is 3.07. The van der Waals surface area contributed by atoms with Crippen molar-refractivity contribution in [2.75, 3.05) is 0 Å². The molecule has 0 saturated heterocycles. The number of hydrogen-bond acceptors (Lipinski definition) is 4. The predicted molar refractivity (Wildman–Crippen MR) is 80.8 cm³/mol. The topological polar surface area (TPSA) is 95.7 Å². The largest absolute Gasteiger partial charge is 0.435 e. The zero-order valence-electron chi connectivity index (χ0n) is 12.3. The average molecular weight is 333 g/mol. The molecule has 0 bridgehead atoms. The van der Waals surface area contributed by atoms with E-state index in [2.05, 4.69) is 30.2 Å². The van der Waals surface area contributed by atoms with Crippen molar-refractivity contribution in [2.24, 2.45) is 0 Å². The summed E-state index contributed by atoms with van der Waals surface area (Å²) in [5.41, 5.74) is 1.91. The zero-order chi connectivity index (χ0) is 16.7. The number of imidazole rings is 1. The molecule has 1 fully saturated rings. The second-order valence-corrected chi connectivity index (χ2v) is 5.55. The fourth-order valence-electron chi connectivity index (χ4n) is 2.41. The van der Waals surface area contributed by atoms with Gasteiger partial charge < -0.3 is 15.0 Å². The van der Waals surface area contributed by atoms with Gasteiger partial charge >= 0.3 is 6.61 Å². The van der Waals surface area contributed by atoms with Crippen molar-refractivity contribution in [3.63, 3.8) is 0 Å². The van der Waals surface area contributed by atoms with Crippen LogP contribution in [-0.2, 0) is 0 Å². The fourth-order valence-corrected chi connectivity index (χ4v) is 2.41. The van der Waals surface area contributed by atoms with Crippen LogP contribution in [0.4, 0.5) is 8.78 Å². The molecule has 1 aromatic carbocycles. The number of H-pyrrole nitrogens is 2. The van der Waals surface area contributed by atoms with Crippen LogP contribution in [0.2, 0.25) is 0 Å². The van der Waals surface area contributed by atoms with Crippen LogP contribution >= 0.6 is 0 Å². The van der Waals surface area contributed by atoms with Gasteiger partial charge in [-0.3, -0.25) is 9.89 Å². The van der Waals surface area contributed by atoms with E-state index in [1.165, 1.54) is 18.3 Å². The summed E-state index contributed by atoms with van der Waals surface area (Å²) in [6, 6.07) is 4.63. The molecule has 3 aromatic rings. The van der Waals surface area contributed by atoms with E-state index < -0.39 is 6.61 Å². The van der Waals surface area contributed by atoms with Crippen molar-refractivity contribution in [1.82, 2.24) is 25.5 Å². The van der Waals surface area contributed by atoms with Gasteiger partial charge in [0.1, 0.15) is 11.4 Å². The summed E-state index contributed by atoms with van der Waals surface area (Å²) < 4.78 is 29.0. The summed E-state index contributed by atoms with van der Waals surface area (Å²) in [5, 5.41) is 9.54. The Balaban J connectivity index is 1.66. The van der Waals surface area contributed by atoms with E-state index in [4.69, 9.17) is 0 Å². The van der Waals surface area contributed by atoms with Gasteiger partial charge in [0.05, 0.1) is 22.8 Å².